The molecule has 0 heterocycles. The summed E-state index contributed by atoms with van der Waals surface area (Å²) in [7, 11) is 0. The van der Waals surface area contributed by atoms with Crippen LogP contribution in [0.3, 0.4) is 0 Å². The van der Waals surface area contributed by atoms with E-state index in [-0.39, 0.29) is 11.3 Å². The van der Waals surface area contributed by atoms with Gasteiger partial charge in [-0.25, -0.2) is 0 Å². The molecule has 0 saturated heterocycles. The number of carbonyl (C=O) groups excluding carboxylic acids is 1. The van der Waals surface area contributed by atoms with E-state index in [1.807, 2.05) is 0 Å². The first-order chi connectivity index (χ1) is 10.9. The molecule has 1 amide bonds. The summed E-state index contributed by atoms with van der Waals surface area (Å²) in [5, 5.41) is 13.9. The Labute approximate surface area is 138 Å². The molecule has 3 nitrogen and oxygen atoms in total. The quantitative estimate of drug-likeness (QED) is 0.896. The molecular formula is C20H27NO2. The monoisotopic (exact) mass is 313 g/mol. The second kappa shape index (κ2) is 5.34. The van der Waals surface area contributed by atoms with E-state index in [4.69, 9.17) is 0 Å². The molecule has 4 bridgehead atoms. The molecule has 23 heavy (non-hydrogen) atoms. The van der Waals surface area contributed by atoms with E-state index in [1.165, 1.54) is 12.0 Å². The summed E-state index contributed by atoms with van der Waals surface area (Å²) >= 11 is 0. The normalized spacial score (nSPS) is 37.8. The Hall–Kier alpha value is -1.35. The van der Waals surface area contributed by atoms with Gasteiger partial charge in [-0.15, -0.1) is 0 Å². The largest absolute Gasteiger partial charge is 0.390 e. The number of nitrogens with one attached hydrogen (secondary N) is 1. The summed E-state index contributed by atoms with van der Waals surface area (Å²) in [6.07, 6.45) is 6.92. The van der Waals surface area contributed by atoms with Crippen molar-refractivity contribution in [2.75, 3.05) is 0 Å². The lowest BCUT2D eigenvalue weighted by Crippen LogP contribution is -2.56. The number of carbonyl (C=O) groups is 1. The summed E-state index contributed by atoms with van der Waals surface area (Å²) in [6, 6.07) is 8.30. The first kappa shape index (κ1) is 15.2. The van der Waals surface area contributed by atoms with Gasteiger partial charge in [0.1, 0.15) is 0 Å². The van der Waals surface area contributed by atoms with Crippen LogP contribution in [0.15, 0.2) is 24.3 Å². The highest BCUT2D eigenvalue weighted by atomic mass is 16.3. The van der Waals surface area contributed by atoms with Crippen LogP contribution in [0.1, 0.15) is 56.1 Å². The fraction of sp³-hybridized carbons (Fsp3) is 0.650. The lowest BCUT2D eigenvalue weighted by Gasteiger charge is -2.60. The van der Waals surface area contributed by atoms with Gasteiger partial charge in [-0.05, 0) is 68.3 Å². The van der Waals surface area contributed by atoms with Crippen molar-refractivity contribution in [3.63, 3.8) is 0 Å². The van der Waals surface area contributed by atoms with Crippen molar-refractivity contribution in [3.05, 3.63) is 35.4 Å². The Balaban J connectivity index is 1.38. The van der Waals surface area contributed by atoms with E-state index in [1.54, 1.807) is 0 Å². The van der Waals surface area contributed by atoms with Gasteiger partial charge in [0.15, 0.2) is 0 Å². The van der Waals surface area contributed by atoms with E-state index in [2.05, 4.69) is 36.5 Å². The van der Waals surface area contributed by atoms with E-state index in [0.717, 1.165) is 37.7 Å². The lowest BCUT2D eigenvalue weighted by molar-refractivity contribution is -0.169. The molecule has 4 saturated carbocycles. The maximum atomic E-state index is 12.5. The van der Waals surface area contributed by atoms with Crippen LogP contribution in [0.5, 0.6) is 0 Å². The lowest BCUT2D eigenvalue weighted by atomic mass is 9.47. The molecule has 4 aliphatic rings. The molecule has 0 spiro atoms. The van der Waals surface area contributed by atoms with Gasteiger partial charge in [-0.3, -0.25) is 4.79 Å². The first-order valence-corrected chi connectivity index (χ1v) is 8.98. The van der Waals surface area contributed by atoms with Gasteiger partial charge in [0.05, 0.1) is 5.60 Å². The van der Waals surface area contributed by atoms with Crippen molar-refractivity contribution in [2.45, 2.75) is 64.0 Å². The zero-order chi connectivity index (χ0) is 16.1. The fourth-order valence-corrected chi connectivity index (χ4v) is 5.92. The zero-order valence-corrected chi connectivity index (χ0v) is 14.0. The van der Waals surface area contributed by atoms with Gasteiger partial charge in [0, 0.05) is 13.0 Å². The van der Waals surface area contributed by atoms with Crippen molar-refractivity contribution in [3.8, 4) is 0 Å². The van der Waals surface area contributed by atoms with Crippen LogP contribution in [-0.4, -0.2) is 16.6 Å². The third-order valence-corrected chi connectivity index (χ3v) is 6.30. The van der Waals surface area contributed by atoms with Gasteiger partial charge in [-0.2, -0.15) is 0 Å². The van der Waals surface area contributed by atoms with Crippen molar-refractivity contribution in [1.29, 1.82) is 0 Å². The Kier molecular flexibility index (Phi) is 3.53. The van der Waals surface area contributed by atoms with Crippen LogP contribution in [0.2, 0.25) is 0 Å². The van der Waals surface area contributed by atoms with Crippen molar-refractivity contribution >= 4 is 5.91 Å². The predicted molar refractivity (Wildman–Crippen MR) is 89.7 cm³/mol. The number of rotatable bonds is 4. The summed E-state index contributed by atoms with van der Waals surface area (Å²) in [5.41, 5.74) is 1.98. The van der Waals surface area contributed by atoms with Crippen molar-refractivity contribution in [2.24, 2.45) is 17.3 Å². The second-order valence-corrected chi connectivity index (χ2v) is 8.62. The van der Waals surface area contributed by atoms with Crippen LogP contribution in [0.4, 0.5) is 0 Å². The Morgan fingerprint density at radius 3 is 2.43 bits per heavy atom. The van der Waals surface area contributed by atoms with Crippen LogP contribution < -0.4 is 5.32 Å². The van der Waals surface area contributed by atoms with Gasteiger partial charge in [0.2, 0.25) is 5.91 Å². The van der Waals surface area contributed by atoms with Crippen LogP contribution in [0.25, 0.3) is 0 Å². The number of hydrogen-bond acceptors (Lipinski definition) is 2. The van der Waals surface area contributed by atoms with Crippen LogP contribution >= 0.6 is 0 Å². The predicted octanol–water partition coefficient (Wildman–Crippen LogP) is 3.33. The SMILES string of the molecule is Cc1ccc(CNC(=O)CC23C[C@@H]4C[C@@H](CC(O)(C4)C2)C3)cc1. The van der Waals surface area contributed by atoms with Gasteiger partial charge in [-0.1, -0.05) is 29.8 Å². The molecule has 4 aliphatic carbocycles. The maximum absolute atomic E-state index is 12.5. The highest BCUT2D eigenvalue weighted by Gasteiger charge is 2.57. The molecule has 3 heteroatoms. The minimum absolute atomic E-state index is 0.0657. The molecule has 1 aromatic carbocycles. The summed E-state index contributed by atoms with van der Waals surface area (Å²) in [5.74, 6) is 1.44. The molecule has 124 valence electrons. The number of aryl methyl sites for hydroxylation is 1. The molecule has 2 unspecified atom stereocenters. The first-order valence-electron chi connectivity index (χ1n) is 8.98. The fourth-order valence-electron chi connectivity index (χ4n) is 5.92. The van der Waals surface area contributed by atoms with E-state index in [0.29, 0.717) is 24.8 Å². The maximum Gasteiger partial charge on any atom is 0.220 e. The van der Waals surface area contributed by atoms with Crippen molar-refractivity contribution < 1.29 is 9.90 Å². The zero-order valence-electron chi connectivity index (χ0n) is 14.0. The van der Waals surface area contributed by atoms with Gasteiger partial charge in [0.25, 0.3) is 0 Å². The smallest absolute Gasteiger partial charge is 0.220 e. The topological polar surface area (TPSA) is 49.3 Å². The highest BCUT2D eigenvalue weighted by Crippen LogP contribution is 2.62. The minimum Gasteiger partial charge on any atom is -0.390 e. The number of amides is 1. The number of benzene rings is 1. The number of hydrogen-bond donors (Lipinski definition) is 2. The Bertz CT molecular complexity index is 593. The van der Waals surface area contributed by atoms with E-state index < -0.39 is 5.60 Å². The molecular weight excluding hydrogens is 286 g/mol. The van der Waals surface area contributed by atoms with E-state index >= 15 is 0 Å². The Morgan fingerprint density at radius 1 is 1.17 bits per heavy atom. The van der Waals surface area contributed by atoms with Crippen molar-refractivity contribution in [1.82, 2.24) is 5.32 Å². The van der Waals surface area contributed by atoms with Gasteiger partial charge >= 0.3 is 0 Å². The molecule has 0 radical (unpaired) electrons. The summed E-state index contributed by atoms with van der Waals surface area (Å²) in [6.45, 7) is 2.67. The van der Waals surface area contributed by atoms with E-state index in [9.17, 15) is 9.90 Å². The summed E-state index contributed by atoms with van der Waals surface area (Å²) in [4.78, 5) is 12.5. The van der Waals surface area contributed by atoms with Crippen LogP contribution in [-0.2, 0) is 11.3 Å². The molecule has 4 fully saturated rings. The van der Waals surface area contributed by atoms with Gasteiger partial charge < -0.3 is 10.4 Å². The number of aliphatic hydroxyl groups is 1. The molecule has 0 aliphatic heterocycles. The highest BCUT2D eigenvalue weighted by molar-refractivity contribution is 5.76. The summed E-state index contributed by atoms with van der Waals surface area (Å²) < 4.78 is 0. The molecule has 4 atom stereocenters. The average molecular weight is 313 g/mol. The molecule has 1 aromatic rings. The molecule has 5 rings (SSSR count). The molecule has 2 N–H and O–H groups in total. The average Bonchev–Trinajstić information content (AvgIpc) is 2.43. The standard InChI is InChI=1S/C20H27NO2/c1-14-2-4-15(5-3-14)12-21-18(22)11-19-7-16-6-17(8-19)10-20(23,9-16)13-19/h2-5,16-17,23H,6-13H2,1H3,(H,21,22)/t16-,17+,19?,20?. The molecule has 0 aromatic heterocycles. The second-order valence-electron chi connectivity index (χ2n) is 8.62. The third kappa shape index (κ3) is 3.03. The third-order valence-electron chi connectivity index (χ3n) is 6.30. The Morgan fingerprint density at radius 2 is 1.83 bits per heavy atom. The van der Waals surface area contributed by atoms with Crippen LogP contribution in [0, 0.1) is 24.2 Å². The minimum atomic E-state index is -0.471.